The number of rotatable bonds is 4. The van der Waals surface area contributed by atoms with Gasteiger partial charge >= 0.3 is 0 Å². The second-order valence-corrected chi connectivity index (χ2v) is 4.06. The maximum atomic E-state index is 12.2. The fourth-order valence-electron chi connectivity index (χ4n) is 1.83. The highest BCUT2D eigenvalue weighted by Crippen LogP contribution is 2.11. The molecule has 100 valence electrons. The summed E-state index contributed by atoms with van der Waals surface area (Å²) >= 11 is 0. The number of aromatic nitrogens is 3. The molecular formula is C13H17N5O. The van der Waals surface area contributed by atoms with E-state index in [1.807, 2.05) is 13.8 Å². The van der Waals surface area contributed by atoms with Crippen LogP contribution in [0.15, 0.2) is 30.6 Å². The molecule has 6 heteroatoms. The van der Waals surface area contributed by atoms with Gasteiger partial charge in [0.15, 0.2) is 0 Å². The van der Waals surface area contributed by atoms with Crippen LogP contribution in [0.1, 0.15) is 24.3 Å². The molecule has 2 rings (SSSR count). The van der Waals surface area contributed by atoms with Crippen LogP contribution in [0.5, 0.6) is 0 Å². The lowest BCUT2D eigenvalue weighted by molar-refractivity contribution is 0.0767. The Morgan fingerprint density at radius 3 is 2.68 bits per heavy atom. The fraction of sp³-hybridized carbons (Fsp3) is 0.308. The van der Waals surface area contributed by atoms with E-state index in [1.165, 1.54) is 0 Å². The van der Waals surface area contributed by atoms with Gasteiger partial charge in [-0.05, 0) is 26.0 Å². The number of carbonyl (C=O) groups is 1. The van der Waals surface area contributed by atoms with E-state index >= 15 is 0 Å². The first-order chi connectivity index (χ1) is 9.15. The number of nitrogen functional groups attached to an aromatic ring is 1. The van der Waals surface area contributed by atoms with Gasteiger partial charge in [-0.2, -0.15) is 5.10 Å². The Hall–Kier alpha value is -2.37. The average molecular weight is 259 g/mol. The predicted molar refractivity (Wildman–Crippen MR) is 73.0 cm³/mol. The van der Waals surface area contributed by atoms with E-state index in [0.29, 0.717) is 24.6 Å². The first-order valence-electron chi connectivity index (χ1n) is 6.22. The van der Waals surface area contributed by atoms with Crippen molar-refractivity contribution in [3.8, 4) is 5.69 Å². The Balaban J connectivity index is 2.31. The number of hydrogen-bond donors (Lipinski definition) is 1. The lowest BCUT2D eigenvalue weighted by Crippen LogP contribution is -2.31. The minimum absolute atomic E-state index is 0.0769. The van der Waals surface area contributed by atoms with Crippen LogP contribution in [0.3, 0.4) is 0 Å². The molecule has 19 heavy (non-hydrogen) atoms. The molecule has 0 atom stereocenters. The van der Waals surface area contributed by atoms with E-state index in [2.05, 4.69) is 10.1 Å². The molecule has 0 fully saturated rings. The van der Waals surface area contributed by atoms with Crippen LogP contribution in [-0.2, 0) is 0 Å². The van der Waals surface area contributed by atoms with Crippen LogP contribution in [0.2, 0.25) is 0 Å². The molecule has 1 amide bonds. The van der Waals surface area contributed by atoms with Crippen molar-refractivity contribution < 1.29 is 4.79 Å². The molecule has 2 aromatic rings. The van der Waals surface area contributed by atoms with Crippen molar-refractivity contribution in [3.05, 3.63) is 36.3 Å². The minimum Gasteiger partial charge on any atom is -0.382 e. The number of amides is 1. The molecule has 0 spiro atoms. The zero-order valence-electron chi connectivity index (χ0n) is 11.1. The lowest BCUT2D eigenvalue weighted by Gasteiger charge is -2.18. The average Bonchev–Trinajstić information content (AvgIpc) is 2.87. The first kappa shape index (κ1) is 13.1. The summed E-state index contributed by atoms with van der Waals surface area (Å²) in [4.78, 5) is 18.1. The third kappa shape index (κ3) is 2.73. The number of hydrogen-bond acceptors (Lipinski definition) is 4. The van der Waals surface area contributed by atoms with Gasteiger partial charge in [0.2, 0.25) is 0 Å². The van der Waals surface area contributed by atoms with Gasteiger partial charge in [0.1, 0.15) is 11.5 Å². The van der Waals surface area contributed by atoms with Gasteiger partial charge in [-0.3, -0.25) is 9.78 Å². The van der Waals surface area contributed by atoms with Crippen LogP contribution in [-0.4, -0.2) is 38.7 Å². The molecule has 0 aromatic carbocycles. The zero-order chi connectivity index (χ0) is 13.8. The summed E-state index contributed by atoms with van der Waals surface area (Å²) in [6.45, 7) is 5.21. The molecule has 0 aliphatic heterocycles. The van der Waals surface area contributed by atoms with Crippen LogP contribution in [0.4, 0.5) is 5.82 Å². The molecule has 2 N–H and O–H groups in total. The van der Waals surface area contributed by atoms with Crippen molar-refractivity contribution in [2.75, 3.05) is 18.8 Å². The van der Waals surface area contributed by atoms with Gasteiger partial charge in [-0.15, -0.1) is 0 Å². The zero-order valence-corrected chi connectivity index (χ0v) is 11.1. The Morgan fingerprint density at radius 1 is 1.37 bits per heavy atom. The quantitative estimate of drug-likeness (QED) is 0.898. The van der Waals surface area contributed by atoms with Gasteiger partial charge in [-0.1, -0.05) is 0 Å². The van der Waals surface area contributed by atoms with Crippen LogP contribution in [0, 0.1) is 0 Å². The highest BCUT2D eigenvalue weighted by Gasteiger charge is 2.14. The van der Waals surface area contributed by atoms with Gasteiger partial charge in [-0.25, -0.2) is 4.68 Å². The van der Waals surface area contributed by atoms with Crippen LogP contribution in [0.25, 0.3) is 5.69 Å². The van der Waals surface area contributed by atoms with Crippen molar-refractivity contribution >= 4 is 11.7 Å². The Kier molecular flexibility index (Phi) is 3.79. The van der Waals surface area contributed by atoms with E-state index in [0.717, 1.165) is 5.69 Å². The second kappa shape index (κ2) is 5.51. The van der Waals surface area contributed by atoms with Crippen molar-refractivity contribution in [3.63, 3.8) is 0 Å². The number of anilines is 1. The summed E-state index contributed by atoms with van der Waals surface area (Å²) in [6, 6.07) is 5.20. The summed E-state index contributed by atoms with van der Waals surface area (Å²) in [7, 11) is 0. The number of nitrogens with two attached hydrogens (primary N) is 1. The lowest BCUT2D eigenvalue weighted by atomic mass is 10.3. The molecule has 2 heterocycles. The van der Waals surface area contributed by atoms with Crippen molar-refractivity contribution in [1.82, 2.24) is 19.7 Å². The molecule has 0 unspecified atom stereocenters. The molecule has 0 saturated carbocycles. The van der Waals surface area contributed by atoms with E-state index < -0.39 is 0 Å². The number of pyridine rings is 1. The highest BCUT2D eigenvalue weighted by atomic mass is 16.2. The molecule has 0 aliphatic carbocycles. The fourth-order valence-corrected chi connectivity index (χ4v) is 1.83. The Bertz CT molecular complexity index is 574. The number of carbonyl (C=O) groups excluding carboxylic acids is 1. The van der Waals surface area contributed by atoms with Gasteiger partial charge in [0.05, 0.1) is 5.69 Å². The van der Waals surface area contributed by atoms with E-state index in [1.54, 1.807) is 40.2 Å². The predicted octanol–water partition coefficient (Wildman–Crippen LogP) is 1.33. The molecule has 2 aromatic heterocycles. The Labute approximate surface area is 111 Å². The van der Waals surface area contributed by atoms with Gasteiger partial charge < -0.3 is 10.6 Å². The summed E-state index contributed by atoms with van der Waals surface area (Å²) in [6.07, 6.45) is 3.35. The third-order valence-electron chi connectivity index (χ3n) is 2.89. The highest BCUT2D eigenvalue weighted by molar-refractivity contribution is 5.92. The maximum Gasteiger partial charge on any atom is 0.272 e. The standard InChI is InChI=1S/C13H17N5O/c1-3-17(4-2)13(19)11-9-10(5-7-15-11)18-8-6-12(14)16-18/h5-9H,3-4H2,1-2H3,(H2,14,16). The summed E-state index contributed by atoms with van der Waals surface area (Å²) in [5.41, 5.74) is 6.76. The van der Waals surface area contributed by atoms with Crippen molar-refractivity contribution in [1.29, 1.82) is 0 Å². The maximum absolute atomic E-state index is 12.2. The molecule has 0 bridgehead atoms. The monoisotopic (exact) mass is 259 g/mol. The largest absolute Gasteiger partial charge is 0.382 e. The van der Waals surface area contributed by atoms with E-state index in [9.17, 15) is 4.79 Å². The summed E-state index contributed by atoms with van der Waals surface area (Å²) in [5.74, 6) is 0.361. The van der Waals surface area contributed by atoms with Crippen molar-refractivity contribution in [2.45, 2.75) is 13.8 Å². The topological polar surface area (TPSA) is 77.0 Å². The van der Waals surface area contributed by atoms with E-state index in [-0.39, 0.29) is 5.91 Å². The Morgan fingerprint density at radius 2 is 2.11 bits per heavy atom. The van der Waals surface area contributed by atoms with Gasteiger partial charge in [0.25, 0.3) is 5.91 Å². The summed E-state index contributed by atoms with van der Waals surface area (Å²) in [5, 5.41) is 4.11. The molecule has 0 aliphatic rings. The first-order valence-corrected chi connectivity index (χ1v) is 6.22. The van der Waals surface area contributed by atoms with E-state index in [4.69, 9.17) is 5.73 Å². The summed E-state index contributed by atoms with van der Waals surface area (Å²) < 4.78 is 1.62. The molecule has 0 saturated heterocycles. The normalized spacial score (nSPS) is 10.4. The molecule has 6 nitrogen and oxygen atoms in total. The van der Waals surface area contributed by atoms with Gasteiger partial charge in [0, 0.05) is 31.5 Å². The van der Waals surface area contributed by atoms with Crippen LogP contribution < -0.4 is 5.73 Å². The molecular weight excluding hydrogens is 242 g/mol. The molecule has 0 radical (unpaired) electrons. The smallest absolute Gasteiger partial charge is 0.272 e. The minimum atomic E-state index is -0.0769. The van der Waals surface area contributed by atoms with Crippen LogP contribution >= 0.6 is 0 Å². The third-order valence-corrected chi connectivity index (χ3v) is 2.89. The van der Waals surface area contributed by atoms with Crippen molar-refractivity contribution in [2.24, 2.45) is 0 Å². The SMILES string of the molecule is CCN(CC)C(=O)c1cc(-n2ccc(N)n2)ccn1. The number of nitrogens with zero attached hydrogens (tertiary/aromatic N) is 4. The second-order valence-electron chi connectivity index (χ2n) is 4.06.